The molecule has 0 radical (unpaired) electrons. The Morgan fingerprint density at radius 1 is 0.741 bits per heavy atom. The standard InChI is InChI=1S/C46H43ClN6O5/c1-4-5-25-40-48-41(44(54)56-31-57-45(55)58-32(2)3)42(47)52(40)30-33-26-28-34(29-27-33)38-23-15-16-24-39(38)43-49-51-53(50-43)46(35-17-9-6-10-18-35,36-19-11-7-12-20-36)37-21-13-8-14-22-37/h6-24,26-29,32H,4-5,25,30-31H2,1-3H3. The molecule has 12 heteroatoms. The minimum Gasteiger partial charge on any atom is -0.431 e. The first-order chi connectivity index (χ1) is 28.3. The van der Waals surface area contributed by atoms with Crippen molar-refractivity contribution in [1.82, 2.24) is 29.8 Å². The van der Waals surface area contributed by atoms with E-state index in [1.807, 2.05) is 108 Å². The average Bonchev–Trinajstić information content (AvgIpc) is 3.86. The summed E-state index contributed by atoms with van der Waals surface area (Å²) in [6.45, 7) is 5.19. The van der Waals surface area contributed by atoms with Crippen LogP contribution in [0.15, 0.2) is 140 Å². The Morgan fingerprint density at radius 3 is 1.88 bits per heavy atom. The molecular formula is C46H43ClN6O5. The zero-order valence-corrected chi connectivity index (χ0v) is 33.3. The SMILES string of the molecule is CCCCc1nc(C(=O)OCOC(=O)OC(C)C)c(Cl)n1Cc1ccc(-c2ccccc2-c2nnn(C(c3ccccc3)(c3ccccc3)c3ccccc3)n2)cc1. The van der Waals surface area contributed by atoms with E-state index >= 15 is 0 Å². The summed E-state index contributed by atoms with van der Waals surface area (Å²) in [4.78, 5) is 30.9. The third-order valence-corrected chi connectivity index (χ3v) is 10.1. The number of benzene rings is 5. The number of hydrogen-bond acceptors (Lipinski definition) is 9. The lowest BCUT2D eigenvalue weighted by atomic mass is 9.77. The minimum atomic E-state index is -0.937. The van der Waals surface area contributed by atoms with E-state index in [4.69, 9.17) is 41.2 Å². The quantitative estimate of drug-likeness (QED) is 0.0567. The summed E-state index contributed by atoms with van der Waals surface area (Å²) in [5, 5.41) is 14.7. The van der Waals surface area contributed by atoms with Crippen molar-refractivity contribution in [2.75, 3.05) is 6.79 Å². The molecule has 0 aliphatic heterocycles. The fourth-order valence-electron chi connectivity index (χ4n) is 6.97. The molecule has 0 saturated carbocycles. The summed E-state index contributed by atoms with van der Waals surface area (Å²) in [7, 11) is 0. The van der Waals surface area contributed by atoms with Crippen molar-refractivity contribution >= 4 is 23.7 Å². The fourth-order valence-corrected chi connectivity index (χ4v) is 7.25. The first-order valence-electron chi connectivity index (χ1n) is 19.2. The maximum atomic E-state index is 13.0. The van der Waals surface area contributed by atoms with Gasteiger partial charge in [0.2, 0.25) is 12.6 Å². The molecule has 0 bridgehead atoms. The number of halogens is 1. The number of carbonyl (C=O) groups excluding carboxylic acids is 2. The normalized spacial score (nSPS) is 11.4. The number of unbranched alkanes of at least 4 members (excludes halogenated alkanes) is 1. The molecule has 0 unspecified atom stereocenters. The van der Waals surface area contributed by atoms with Crippen molar-refractivity contribution < 1.29 is 23.8 Å². The summed E-state index contributed by atoms with van der Waals surface area (Å²) in [6.07, 6.45) is 1.08. The molecule has 58 heavy (non-hydrogen) atoms. The maximum absolute atomic E-state index is 13.0. The lowest BCUT2D eigenvalue weighted by Gasteiger charge is -2.34. The number of aromatic nitrogens is 6. The molecule has 7 aromatic rings. The van der Waals surface area contributed by atoms with Crippen LogP contribution in [0.5, 0.6) is 0 Å². The summed E-state index contributed by atoms with van der Waals surface area (Å²) in [5.41, 5.74) is 5.71. The van der Waals surface area contributed by atoms with Crippen LogP contribution in [0.2, 0.25) is 5.15 Å². The van der Waals surface area contributed by atoms with Gasteiger partial charge in [-0.25, -0.2) is 14.6 Å². The third kappa shape index (κ3) is 8.40. The first-order valence-corrected chi connectivity index (χ1v) is 19.6. The Balaban J connectivity index is 1.18. The van der Waals surface area contributed by atoms with Gasteiger partial charge in [-0.1, -0.05) is 164 Å². The van der Waals surface area contributed by atoms with Gasteiger partial charge in [-0.05, 0) is 58.9 Å². The van der Waals surface area contributed by atoms with Gasteiger partial charge < -0.3 is 18.8 Å². The Kier molecular flexibility index (Phi) is 12.4. The van der Waals surface area contributed by atoms with Crippen LogP contribution in [-0.4, -0.2) is 54.8 Å². The molecule has 0 aliphatic carbocycles. The van der Waals surface area contributed by atoms with Gasteiger partial charge in [0, 0.05) is 12.0 Å². The van der Waals surface area contributed by atoms with Gasteiger partial charge in [0.25, 0.3) is 0 Å². The van der Waals surface area contributed by atoms with Gasteiger partial charge in [0.1, 0.15) is 11.0 Å². The van der Waals surface area contributed by atoms with Gasteiger partial charge >= 0.3 is 12.1 Å². The summed E-state index contributed by atoms with van der Waals surface area (Å²) in [6, 6.07) is 46.9. The fraction of sp³-hybridized carbons (Fsp3) is 0.217. The molecule has 0 saturated heterocycles. The van der Waals surface area contributed by atoms with Gasteiger partial charge in [-0.2, -0.15) is 0 Å². The Bertz CT molecular complexity index is 2360. The molecule has 0 fully saturated rings. The van der Waals surface area contributed by atoms with Crippen LogP contribution in [0.4, 0.5) is 4.79 Å². The zero-order chi connectivity index (χ0) is 40.5. The summed E-state index contributed by atoms with van der Waals surface area (Å²) >= 11 is 6.78. The third-order valence-electron chi connectivity index (χ3n) is 9.69. The summed E-state index contributed by atoms with van der Waals surface area (Å²) < 4.78 is 16.7. The zero-order valence-electron chi connectivity index (χ0n) is 32.5. The van der Waals surface area contributed by atoms with Crippen LogP contribution >= 0.6 is 11.6 Å². The van der Waals surface area contributed by atoms with Gasteiger partial charge in [-0.3, -0.25) is 0 Å². The highest BCUT2D eigenvalue weighted by atomic mass is 35.5. The second-order valence-electron chi connectivity index (χ2n) is 13.9. The molecule has 11 nitrogen and oxygen atoms in total. The van der Waals surface area contributed by atoms with Crippen molar-refractivity contribution in [3.05, 3.63) is 178 Å². The number of esters is 1. The van der Waals surface area contributed by atoms with Crippen LogP contribution < -0.4 is 0 Å². The van der Waals surface area contributed by atoms with Crippen molar-refractivity contribution in [3.63, 3.8) is 0 Å². The van der Waals surface area contributed by atoms with E-state index < -0.39 is 24.5 Å². The Labute approximate surface area is 342 Å². The van der Waals surface area contributed by atoms with Crippen LogP contribution in [-0.2, 0) is 32.7 Å². The molecular weight excluding hydrogens is 752 g/mol. The van der Waals surface area contributed by atoms with E-state index in [1.165, 1.54) is 0 Å². The average molecular weight is 795 g/mol. The van der Waals surface area contributed by atoms with E-state index in [0.29, 0.717) is 24.6 Å². The van der Waals surface area contributed by atoms with Crippen LogP contribution in [0, 0.1) is 0 Å². The molecule has 2 aromatic heterocycles. The van der Waals surface area contributed by atoms with Crippen molar-refractivity contribution in [3.8, 4) is 22.5 Å². The van der Waals surface area contributed by atoms with Crippen molar-refractivity contribution in [2.45, 2.75) is 58.2 Å². The number of ether oxygens (including phenoxy) is 3. The van der Waals surface area contributed by atoms with Crippen molar-refractivity contribution in [1.29, 1.82) is 0 Å². The van der Waals surface area contributed by atoms with Crippen LogP contribution in [0.25, 0.3) is 22.5 Å². The molecule has 2 heterocycles. The van der Waals surface area contributed by atoms with E-state index in [0.717, 1.165) is 51.8 Å². The largest absolute Gasteiger partial charge is 0.511 e. The molecule has 0 aliphatic rings. The second-order valence-corrected chi connectivity index (χ2v) is 14.3. The van der Waals surface area contributed by atoms with Crippen LogP contribution in [0.1, 0.15) is 72.2 Å². The van der Waals surface area contributed by atoms with E-state index in [9.17, 15) is 9.59 Å². The molecule has 294 valence electrons. The highest BCUT2D eigenvalue weighted by Crippen LogP contribution is 2.40. The highest BCUT2D eigenvalue weighted by Gasteiger charge is 2.41. The van der Waals surface area contributed by atoms with Crippen LogP contribution in [0.3, 0.4) is 0 Å². The second kappa shape index (κ2) is 18.1. The monoisotopic (exact) mass is 794 g/mol. The highest BCUT2D eigenvalue weighted by molar-refractivity contribution is 6.32. The lowest BCUT2D eigenvalue weighted by molar-refractivity contribution is -0.0347. The number of imidazole rings is 1. The predicted molar refractivity (Wildman–Crippen MR) is 221 cm³/mol. The Morgan fingerprint density at radius 2 is 1.31 bits per heavy atom. The minimum absolute atomic E-state index is 0.0458. The number of hydrogen-bond donors (Lipinski definition) is 0. The van der Waals surface area contributed by atoms with E-state index in [2.05, 4.69) is 48.3 Å². The number of nitrogens with zero attached hydrogens (tertiary/aromatic N) is 6. The van der Waals surface area contributed by atoms with E-state index in [-0.39, 0.29) is 17.0 Å². The van der Waals surface area contributed by atoms with Gasteiger partial charge in [0.15, 0.2) is 11.2 Å². The molecule has 0 atom stereocenters. The number of carbonyl (C=O) groups is 2. The number of rotatable bonds is 15. The molecule has 0 amide bonds. The number of tetrazole rings is 1. The number of aryl methyl sites for hydroxylation is 1. The topological polar surface area (TPSA) is 123 Å². The molecule has 0 N–H and O–H groups in total. The molecule has 0 spiro atoms. The van der Waals surface area contributed by atoms with Crippen molar-refractivity contribution in [2.24, 2.45) is 0 Å². The van der Waals surface area contributed by atoms with Gasteiger partial charge in [0.05, 0.1) is 12.6 Å². The summed E-state index contributed by atoms with van der Waals surface area (Å²) in [5.74, 6) is 0.337. The van der Waals surface area contributed by atoms with E-state index in [1.54, 1.807) is 18.6 Å². The van der Waals surface area contributed by atoms with Gasteiger partial charge in [-0.15, -0.1) is 15.0 Å². The molecule has 5 aromatic carbocycles. The predicted octanol–water partition coefficient (Wildman–Crippen LogP) is 9.76. The maximum Gasteiger partial charge on any atom is 0.511 e. The first kappa shape index (κ1) is 39.6. The Hall–Kier alpha value is -6.59. The smallest absolute Gasteiger partial charge is 0.431 e. The molecule has 7 rings (SSSR count). The lowest BCUT2D eigenvalue weighted by Crippen LogP contribution is -2.39.